The van der Waals surface area contributed by atoms with Gasteiger partial charge in [-0.25, -0.2) is 4.99 Å². The Hall–Kier alpha value is -1.82. The van der Waals surface area contributed by atoms with Crippen LogP contribution >= 0.6 is 15.9 Å². The summed E-state index contributed by atoms with van der Waals surface area (Å²) in [4.78, 5) is 11.0. The van der Waals surface area contributed by atoms with Crippen molar-refractivity contribution < 1.29 is 0 Å². The first-order valence-electron chi connectivity index (χ1n) is 9.48. The SMILES string of the molecule is C=CCC1C=C(N)N=C(N)N=C1/C(C)=C(\CC)N(C)CC(C)C=CCCBr. The van der Waals surface area contributed by atoms with E-state index in [9.17, 15) is 0 Å². The van der Waals surface area contributed by atoms with Gasteiger partial charge < -0.3 is 16.4 Å². The molecule has 5 nitrogen and oxygen atoms in total. The summed E-state index contributed by atoms with van der Waals surface area (Å²) in [5, 5.41) is 0.995. The molecule has 0 fully saturated rings. The van der Waals surface area contributed by atoms with Gasteiger partial charge in [-0.15, -0.1) is 6.58 Å². The van der Waals surface area contributed by atoms with E-state index in [1.807, 2.05) is 12.2 Å². The number of guanidine groups is 1. The molecule has 1 aliphatic rings. The third-order valence-corrected chi connectivity index (χ3v) is 5.00. The zero-order chi connectivity index (χ0) is 20.4. The topological polar surface area (TPSA) is 80.0 Å². The van der Waals surface area contributed by atoms with E-state index in [1.165, 1.54) is 5.70 Å². The van der Waals surface area contributed by atoms with Gasteiger partial charge in [-0.2, -0.15) is 4.99 Å². The fraction of sp³-hybridized carbons (Fsp3) is 0.524. The maximum absolute atomic E-state index is 5.95. The van der Waals surface area contributed by atoms with Crippen molar-refractivity contribution in [3.05, 3.63) is 48.0 Å². The Morgan fingerprint density at radius 3 is 2.70 bits per heavy atom. The number of allylic oxidation sites excluding steroid dienone is 5. The summed E-state index contributed by atoms with van der Waals surface area (Å²) >= 11 is 3.46. The standard InChI is InChI=1S/C21H34BrN5/c1-6-10-17-13-19(23)25-21(24)26-20(17)16(4)18(7-2)27(5)14-15(3)11-8-9-12-22/h6,8,11,13,15,17H,1,7,9-10,12,14,23H2,2-5H3,(H2,24,25)/b11-8?,18-16+. The number of aliphatic imine (C=N–C) groups is 2. The van der Waals surface area contributed by atoms with Gasteiger partial charge >= 0.3 is 0 Å². The molecule has 0 aromatic rings. The van der Waals surface area contributed by atoms with Crippen molar-refractivity contribution in [3.63, 3.8) is 0 Å². The van der Waals surface area contributed by atoms with Crippen LogP contribution in [0.4, 0.5) is 0 Å². The minimum absolute atomic E-state index is 0.0264. The average molecular weight is 436 g/mol. The fourth-order valence-corrected chi connectivity index (χ4v) is 3.64. The Bertz CT molecular complexity index is 657. The van der Waals surface area contributed by atoms with E-state index < -0.39 is 0 Å². The molecular weight excluding hydrogens is 402 g/mol. The second-order valence-corrected chi connectivity index (χ2v) is 7.67. The van der Waals surface area contributed by atoms with Gasteiger partial charge in [0.1, 0.15) is 5.82 Å². The summed E-state index contributed by atoms with van der Waals surface area (Å²) in [6.45, 7) is 11.3. The molecule has 0 bridgehead atoms. The number of halogens is 1. The van der Waals surface area contributed by atoms with Crippen molar-refractivity contribution in [1.82, 2.24) is 4.90 Å². The number of nitrogens with two attached hydrogens (primary N) is 2. The normalized spacial score (nSPS) is 19.6. The predicted octanol–water partition coefficient (Wildman–Crippen LogP) is 4.34. The molecule has 1 aliphatic heterocycles. The molecule has 2 unspecified atom stereocenters. The zero-order valence-electron chi connectivity index (χ0n) is 17.1. The molecule has 0 aromatic heterocycles. The summed E-state index contributed by atoms with van der Waals surface area (Å²) in [6.07, 6.45) is 11.0. The van der Waals surface area contributed by atoms with Gasteiger partial charge in [0.15, 0.2) is 0 Å². The van der Waals surface area contributed by atoms with Crippen LogP contribution in [0.25, 0.3) is 0 Å². The van der Waals surface area contributed by atoms with Gasteiger partial charge in [0, 0.05) is 30.5 Å². The molecule has 0 saturated heterocycles. The summed E-state index contributed by atoms with van der Waals surface area (Å²) in [5.41, 5.74) is 15.2. The number of nitrogens with zero attached hydrogens (tertiary/aromatic N) is 3. The predicted molar refractivity (Wildman–Crippen MR) is 122 cm³/mol. The van der Waals surface area contributed by atoms with Crippen LogP contribution in [0.3, 0.4) is 0 Å². The number of rotatable bonds is 10. The van der Waals surface area contributed by atoms with Gasteiger partial charge in [0.25, 0.3) is 0 Å². The molecule has 0 aromatic carbocycles. The lowest BCUT2D eigenvalue weighted by atomic mass is 9.91. The van der Waals surface area contributed by atoms with Gasteiger partial charge in [0.05, 0.1) is 5.71 Å². The van der Waals surface area contributed by atoms with Crippen LogP contribution in [0.2, 0.25) is 0 Å². The zero-order valence-corrected chi connectivity index (χ0v) is 18.7. The van der Waals surface area contributed by atoms with E-state index in [2.05, 4.69) is 77.4 Å². The maximum Gasteiger partial charge on any atom is 0.222 e. The van der Waals surface area contributed by atoms with Crippen LogP contribution < -0.4 is 11.5 Å². The number of hydrogen-bond donors (Lipinski definition) is 2. The van der Waals surface area contributed by atoms with E-state index in [0.29, 0.717) is 11.7 Å². The smallest absolute Gasteiger partial charge is 0.222 e. The van der Waals surface area contributed by atoms with Crippen molar-refractivity contribution in [1.29, 1.82) is 0 Å². The van der Waals surface area contributed by atoms with Crippen molar-refractivity contribution in [2.75, 3.05) is 18.9 Å². The van der Waals surface area contributed by atoms with Crippen molar-refractivity contribution in [2.24, 2.45) is 33.3 Å². The second kappa shape index (κ2) is 11.8. The van der Waals surface area contributed by atoms with Crippen molar-refractivity contribution in [2.45, 2.75) is 40.0 Å². The van der Waals surface area contributed by atoms with Gasteiger partial charge in [-0.3, -0.25) is 0 Å². The summed E-state index contributed by atoms with van der Waals surface area (Å²) in [7, 11) is 2.14. The third-order valence-electron chi connectivity index (χ3n) is 4.54. The van der Waals surface area contributed by atoms with Crippen LogP contribution in [0, 0.1) is 11.8 Å². The summed E-state index contributed by atoms with van der Waals surface area (Å²) in [5.74, 6) is 1.10. The highest BCUT2D eigenvalue weighted by Crippen LogP contribution is 2.24. The van der Waals surface area contributed by atoms with Crippen LogP contribution in [-0.2, 0) is 0 Å². The molecule has 150 valence electrons. The van der Waals surface area contributed by atoms with Crippen LogP contribution in [-0.4, -0.2) is 35.5 Å². The highest BCUT2D eigenvalue weighted by Gasteiger charge is 2.21. The monoisotopic (exact) mass is 435 g/mol. The minimum atomic E-state index is 0.0264. The molecule has 4 N–H and O–H groups in total. The molecule has 0 saturated carbocycles. The molecule has 2 atom stereocenters. The molecule has 1 rings (SSSR count). The minimum Gasteiger partial charge on any atom is -0.384 e. The molecule has 6 heteroatoms. The van der Waals surface area contributed by atoms with Crippen molar-refractivity contribution >= 4 is 27.6 Å². The van der Waals surface area contributed by atoms with Crippen LogP contribution in [0.15, 0.2) is 58.0 Å². The van der Waals surface area contributed by atoms with E-state index in [-0.39, 0.29) is 11.9 Å². The Balaban J connectivity index is 3.16. The lowest BCUT2D eigenvalue weighted by Gasteiger charge is -2.28. The van der Waals surface area contributed by atoms with E-state index in [4.69, 9.17) is 11.5 Å². The Morgan fingerprint density at radius 1 is 1.41 bits per heavy atom. The highest BCUT2D eigenvalue weighted by molar-refractivity contribution is 9.09. The molecular formula is C21H34BrN5. The lowest BCUT2D eigenvalue weighted by molar-refractivity contribution is 0.367. The molecule has 0 spiro atoms. The Morgan fingerprint density at radius 2 is 2.11 bits per heavy atom. The Kier molecular flexibility index (Phi) is 10.1. The van der Waals surface area contributed by atoms with Crippen LogP contribution in [0.1, 0.15) is 40.0 Å². The Labute approximate surface area is 172 Å². The van der Waals surface area contributed by atoms with Gasteiger partial charge in [-0.05, 0) is 43.8 Å². The first-order valence-corrected chi connectivity index (χ1v) is 10.6. The molecule has 1 heterocycles. The molecule has 27 heavy (non-hydrogen) atoms. The first-order chi connectivity index (χ1) is 12.8. The first kappa shape index (κ1) is 23.2. The average Bonchev–Trinajstić information content (AvgIpc) is 2.73. The molecule has 0 aliphatic carbocycles. The van der Waals surface area contributed by atoms with E-state index in [0.717, 1.165) is 42.4 Å². The number of alkyl halides is 1. The fourth-order valence-electron chi connectivity index (χ4n) is 3.37. The van der Waals surface area contributed by atoms with Crippen molar-refractivity contribution in [3.8, 4) is 0 Å². The maximum atomic E-state index is 5.95. The summed E-state index contributed by atoms with van der Waals surface area (Å²) in [6, 6.07) is 0. The largest absolute Gasteiger partial charge is 0.384 e. The quantitative estimate of drug-likeness (QED) is 0.395. The number of hydrogen-bond acceptors (Lipinski definition) is 5. The second-order valence-electron chi connectivity index (χ2n) is 6.88. The lowest BCUT2D eigenvalue weighted by Crippen LogP contribution is -2.27. The molecule has 0 amide bonds. The van der Waals surface area contributed by atoms with Crippen LogP contribution in [0.5, 0.6) is 0 Å². The highest BCUT2D eigenvalue weighted by atomic mass is 79.9. The van der Waals surface area contributed by atoms with E-state index in [1.54, 1.807) is 0 Å². The third kappa shape index (κ3) is 7.37. The summed E-state index contributed by atoms with van der Waals surface area (Å²) < 4.78 is 0. The van der Waals surface area contributed by atoms with Gasteiger partial charge in [0.2, 0.25) is 5.96 Å². The van der Waals surface area contributed by atoms with Gasteiger partial charge in [-0.1, -0.05) is 48.0 Å². The van der Waals surface area contributed by atoms with E-state index >= 15 is 0 Å². The molecule has 0 radical (unpaired) electrons.